The minimum Gasteiger partial charge on any atom is -0.292 e. The third-order valence-corrected chi connectivity index (χ3v) is 10.3. The summed E-state index contributed by atoms with van der Waals surface area (Å²) in [6, 6.07) is 61.7. The molecule has 0 unspecified atom stereocenters. The van der Waals surface area contributed by atoms with Gasteiger partial charge in [0.2, 0.25) is 5.95 Å². The highest BCUT2D eigenvalue weighted by atomic mass is 15.2. The Labute approximate surface area is 298 Å². The molecule has 5 nitrogen and oxygen atoms in total. The molecule has 0 amide bonds. The van der Waals surface area contributed by atoms with Gasteiger partial charge in [0.15, 0.2) is 0 Å². The lowest BCUT2D eigenvalue weighted by molar-refractivity contribution is 1.01. The van der Waals surface area contributed by atoms with Crippen LogP contribution in [0.1, 0.15) is 0 Å². The van der Waals surface area contributed by atoms with E-state index < -0.39 is 0 Å². The van der Waals surface area contributed by atoms with E-state index in [1.165, 1.54) is 16.2 Å². The number of hydrogen-bond donors (Lipinski definition) is 0. The third-order valence-electron chi connectivity index (χ3n) is 10.3. The zero-order chi connectivity index (χ0) is 34.2. The minimum atomic E-state index is 0.653. The summed E-state index contributed by atoms with van der Waals surface area (Å²) in [6.45, 7) is 0. The lowest BCUT2D eigenvalue weighted by Crippen LogP contribution is -2.03. The Balaban J connectivity index is 1.23. The summed E-state index contributed by atoms with van der Waals surface area (Å²) in [5.41, 5.74) is 9.25. The summed E-state index contributed by atoms with van der Waals surface area (Å²) in [4.78, 5) is 15.9. The molecular weight excluding hydrogens is 635 g/mol. The van der Waals surface area contributed by atoms with Gasteiger partial charge in [0, 0.05) is 38.4 Å². The summed E-state index contributed by atoms with van der Waals surface area (Å²) in [7, 11) is 0. The van der Waals surface area contributed by atoms with Crippen LogP contribution < -0.4 is 0 Å². The summed E-state index contributed by atoms with van der Waals surface area (Å²) in [5, 5.41) is 8.01. The Morgan fingerprint density at radius 2 is 0.981 bits per heavy atom. The zero-order valence-corrected chi connectivity index (χ0v) is 28.0. The van der Waals surface area contributed by atoms with Crippen LogP contribution in [0.3, 0.4) is 0 Å². The molecule has 11 rings (SSSR count). The van der Waals surface area contributed by atoms with Crippen LogP contribution in [0.15, 0.2) is 176 Å². The fourth-order valence-electron chi connectivity index (χ4n) is 8.05. The van der Waals surface area contributed by atoms with E-state index in [9.17, 15) is 0 Å². The van der Waals surface area contributed by atoms with Gasteiger partial charge in [0.25, 0.3) is 0 Å². The Bertz CT molecular complexity index is 3160. The van der Waals surface area contributed by atoms with Crippen molar-refractivity contribution in [3.8, 4) is 34.3 Å². The van der Waals surface area contributed by atoms with Gasteiger partial charge >= 0.3 is 0 Å². The van der Waals surface area contributed by atoms with E-state index in [0.29, 0.717) is 5.95 Å². The molecule has 0 aliphatic carbocycles. The Morgan fingerprint density at radius 1 is 0.365 bits per heavy atom. The molecule has 0 N–H and O–H groups in total. The van der Waals surface area contributed by atoms with Gasteiger partial charge in [-0.1, -0.05) is 140 Å². The maximum absolute atomic E-state index is 5.44. The summed E-state index contributed by atoms with van der Waals surface area (Å²) >= 11 is 0. The van der Waals surface area contributed by atoms with E-state index in [2.05, 4.69) is 173 Å². The zero-order valence-electron chi connectivity index (χ0n) is 28.0. The SMILES string of the molecule is c1ccc(-c2nc(-n3c4ccccc4c4c5ccc6ccc7c(nc(-c8ccccc8)n7-c7ccccc7)c6c5ccc43)nc3ccccc23)cc1. The average Bonchev–Trinajstić information content (AvgIpc) is 3.78. The van der Waals surface area contributed by atoms with Crippen molar-refractivity contribution in [3.05, 3.63) is 176 Å². The highest BCUT2D eigenvalue weighted by Crippen LogP contribution is 2.42. The number of rotatable bonds is 4. The lowest BCUT2D eigenvalue weighted by Gasteiger charge is -2.12. The number of fused-ring (bicyclic) bond motifs is 10. The molecule has 0 atom stereocenters. The highest BCUT2D eigenvalue weighted by Gasteiger charge is 2.21. The normalized spacial score (nSPS) is 11.8. The van der Waals surface area contributed by atoms with Crippen molar-refractivity contribution in [2.45, 2.75) is 0 Å². The molecule has 5 heteroatoms. The predicted molar refractivity (Wildman–Crippen MR) is 214 cm³/mol. The van der Waals surface area contributed by atoms with Crippen LogP contribution in [-0.4, -0.2) is 24.1 Å². The van der Waals surface area contributed by atoms with E-state index in [4.69, 9.17) is 15.0 Å². The first-order valence-corrected chi connectivity index (χ1v) is 17.6. The maximum atomic E-state index is 5.44. The number of benzene rings is 8. The standard InChI is InChI=1S/C47H29N5/c1-4-14-31(15-5-1)44-36-20-10-12-22-38(36)48-47(50-44)52-39-23-13-11-21-37(39)43-35-26-24-30-25-28-41-45(42(30)34(35)27-29-40(43)52)49-46(32-16-6-2-7-17-32)51(41)33-18-8-3-9-19-33/h1-29H. The van der Waals surface area contributed by atoms with Gasteiger partial charge in [-0.05, 0) is 52.6 Å². The topological polar surface area (TPSA) is 48.5 Å². The molecule has 0 saturated heterocycles. The number of imidazole rings is 1. The molecule has 0 fully saturated rings. The van der Waals surface area contributed by atoms with Crippen LogP contribution in [0, 0.1) is 0 Å². The van der Waals surface area contributed by atoms with Crippen LogP contribution in [0.2, 0.25) is 0 Å². The van der Waals surface area contributed by atoms with E-state index in [0.717, 1.165) is 77.5 Å². The molecule has 52 heavy (non-hydrogen) atoms. The van der Waals surface area contributed by atoms with Crippen molar-refractivity contribution < 1.29 is 0 Å². The molecule has 11 aromatic rings. The molecule has 242 valence electrons. The van der Waals surface area contributed by atoms with Crippen LogP contribution >= 0.6 is 0 Å². The second-order valence-electron chi connectivity index (χ2n) is 13.2. The van der Waals surface area contributed by atoms with Gasteiger partial charge in [0.1, 0.15) is 5.82 Å². The monoisotopic (exact) mass is 663 g/mol. The molecule has 0 spiro atoms. The second-order valence-corrected chi connectivity index (χ2v) is 13.2. The van der Waals surface area contributed by atoms with Crippen molar-refractivity contribution in [2.24, 2.45) is 0 Å². The molecule has 0 bridgehead atoms. The van der Waals surface area contributed by atoms with E-state index in [1.807, 2.05) is 12.1 Å². The van der Waals surface area contributed by atoms with E-state index >= 15 is 0 Å². The lowest BCUT2D eigenvalue weighted by atomic mass is 9.97. The van der Waals surface area contributed by atoms with Gasteiger partial charge in [-0.3, -0.25) is 9.13 Å². The molecule has 0 saturated carbocycles. The molecule has 3 heterocycles. The number of aromatic nitrogens is 5. The van der Waals surface area contributed by atoms with E-state index in [1.54, 1.807) is 0 Å². The average molecular weight is 664 g/mol. The maximum Gasteiger partial charge on any atom is 0.235 e. The van der Waals surface area contributed by atoms with Crippen molar-refractivity contribution in [1.82, 2.24) is 24.1 Å². The van der Waals surface area contributed by atoms with Crippen LogP contribution in [0.5, 0.6) is 0 Å². The number of para-hydroxylation sites is 3. The molecular formula is C47H29N5. The molecule has 8 aromatic carbocycles. The first kappa shape index (κ1) is 28.7. The second kappa shape index (κ2) is 11.2. The van der Waals surface area contributed by atoms with Crippen molar-refractivity contribution in [1.29, 1.82) is 0 Å². The largest absolute Gasteiger partial charge is 0.292 e. The van der Waals surface area contributed by atoms with Gasteiger partial charge < -0.3 is 0 Å². The first-order chi connectivity index (χ1) is 25.8. The summed E-state index contributed by atoms with van der Waals surface area (Å²) in [5.74, 6) is 1.58. The van der Waals surface area contributed by atoms with Crippen LogP contribution in [0.25, 0.3) is 99.6 Å². The van der Waals surface area contributed by atoms with Crippen molar-refractivity contribution >= 4 is 65.3 Å². The fraction of sp³-hybridized carbons (Fsp3) is 0. The Hall–Kier alpha value is -7.11. The predicted octanol–water partition coefficient (Wildman–Crippen LogP) is 11.7. The van der Waals surface area contributed by atoms with Crippen LogP contribution in [0.4, 0.5) is 0 Å². The quantitative estimate of drug-likeness (QED) is 0.176. The smallest absolute Gasteiger partial charge is 0.235 e. The van der Waals surface area contributed by atoms with Gasteiger partial charge in [-0.15, -0.1) is 0 Å². The molecule has 0 aliphatic heterocycles. The third kappa shape index (κ3) is 4.20. The van der Waals surface area contributed by atoms with Gasteiger partial charge in [0.05, 0.1) is 33.3 Å². The fourth-order valence-corrected chi connectivity index (χ4v) is 8.05. The minimum absolute atomic E-state index is 0.653. The van der Waals surface area contributed by atoms with Crippen molar-refractivity contribution in [3.63, 3.8) is 0 Å². The molecule has 0 aliphatic rings. The highest BCUT2D eigenvalue weighted by molar-refractivity contribution is 6.28. The summed E-state index contributed by atoms with van der Waals surface area (Å²) < 4.78 is 4.51. The number of hydrogen-bond acceptors (Lipinski definition) is 3. The van der Waals surface area contributed by atoms with Gasteiger partial charge in [-0.25, -0.2) is 15.0 Å². The molecule has 3 aromatic heterocycles. The van der Waals surface area contributed by atoms with Crippen molar-refractivity contribution in [2.75, 3.05) is 0 Å². The summed E-state index contributed by atoms with van der Waals surface area (Å²) in [6.07, 6.45) is 0. The first-order valence-electron chi connectivity index (χ1n) is 17.6. The Kier molecular flexibility index (Phi) is 6.18. The van der Waals surface area contributed by atoms with Gasteiger partial charge in [-0.2, -0.15) is 0 Å². The Morgan fingerprint density at radius 3 is 1.79 bits per heavy atom. The van der Waals surface area contributed by atoms with E-state index in [-0.39, 0.29) is 0 Å². The number of nitrogens with zero attached hydrogens (tertiary/aromatic N) is 5. The van der Waals surface area contributed by atoms with Crippen LogP contribution in [-0.2, 0) is 0 Å². The molecule has 0 radical (unpaired) electrons.